The normalized spacial score (nSPS) is 10.2. The van der Waals surface area contributed by atoms with Gasteiger partial charge in [0.15, 0.2) is 5.75 Å². The summed E-state index contributed by atoms with van der Waals surface area (Å²) in [5, 5.41) is 5.75. The van der Waals surface area contributed by atoms with E-state index in [2.05, 4.69) is 10.6 Å². The Morgan fingerprint density at radius 2 is 1.50 bits per heavy atom. The van der Waals surface area contributed by atoms with Gasteiger partial charge in [0.25, 0.3) is 0 Å². The van der Waals surface area contributed by atoms with Gasteiger partial charge in [-0.25, -0.2) is 4.39 Å². The van der Waals surface area contributed by atoms with Crippen LogP contribution in [0, 0.1) is 5.82 Å². The van der Waals surface area contributed by atoms with E-state index in [1.54, 1.807) is 12.1 Å². The fourth-order valence-electron chi connectivity index (χ4n) is 2.40. The quantitative estimate of drug-likeness (QED) is 0.626. The molecule has 0 saturated heterocycles. The van der Waals surface area contributed by atoms with Gasteiger partial charge in [0, 0.05) is 13.0 Å². The number of benzene rings is 3. The van der Waals surface area contributed by atoms with Crippen LogP contribution in [-0.2, 0) is 4.79 Å². The van der Waals surface area contributed by atoms with Gasteiger partial charge in [-0.2, -0.15) is 0 Å². The Balaban J connectivity index is 1.55. The van der Waals surface area contributed by atoms with Gasteiger partial charge in [0.05, 0.1) is 11.4 Å². The third-order valence-corrected chi connectivity index (χ3v) is 3.67. The number of para-hydroxylation sites is 4. The fourth-order valence-corrected chi connectivity index (χ4v) is 2.40. The first-order valence-electron chi connectivity index (χ1n) is 8.32. The number of anilines is 2. The summed E-state index contributed by atoms with van der Waals surface area (Å²) < 4.78 is 19.4. The van der Waals surface area contributed by atoms with E-state index in [4.69, 9.17) is 4.74 Å². The standard InChI is InChI=1S/C21H19FN2O2/c22-17-10-4-5-11-18(17)24-21(25)14-15-23-19-12-6-7-13-20(19)26-16-8-2-1-3-9-16/h1-13,23H,14-15H2,(H,24,25). The van der Waals surface area contributed by atoms with Gasteiger partial charge in [-0.3, -0.25) is 4.79 Å². The second-order valence-corrected chi connectivity index (χ2v) is 5.62. The van der Waals surface area contributed by atoms with Gasteiger partial charge in [0.2, 0.25) is 5.91 Å². The molecule has 0 heterocycles. The Morgan fingerprint density at radius 1 is 0.846 bits per heavy atom. The van der Waals surface area contributed by atoms with Crippen LogP contribution in [0.3, 0.4) is 0 Å². The first kappa shape index (κ1) is 17.5. The molecule has 0 aliphatic rings. The van der Waals surface area contributed by atoms with Crippen molar-refractivity contribution in [2.75, 3.05) is 17.2 Å². The largest absolute Gasteiger partial charge is 0.455 e. The molecule has 26 heavy (non-hydrogen) atoms. The van der Waals surface area contributed by atoms with Crippen molar-refractivity contribution < 1.29 is 13.9 Å². The van der Waals surface area contributed by atoms with E-state index in [1.807, 2.05) is 54.6 Å². The van der Waals surface area contributed by atoms with Crippen LogP contribution in [0.4, 0.5) is 15.8 Å². The molecule has 0 spiro atoms. The molecular weight excluding hydrogens is 331 g/mol. The summed E-state index contributed by atoms with van der Waals surface area (Å²) in [6.07, 6.45) is 0.202. The zero-order chi connectivity index (χ0) is 18.2. The molecule has 3 aromatic rings. The molecule has 0 radical (unpaired) electrons. The average Bonchev–Trinajstić information content (AvgIpc) is 2.66. The van der Waals surface area contributed by atoms with E-state index in [0.29, 0.717) is 12.3 Å². The zero-order valence-corrected chi connectivity index (χ0v) is 14.1. The lowest BCUT2D eigenvalue weighted by Gasteiger charge is -2.13. The molecule has 0 saturated carbocycles. The van der Waals surface area contributed by atoms with Gasteiger partial charge >= 0.3 is 0 Å². The van der Waals surface area contributed by atoms with E-state index in [9.17, 15) is 9.18 Å². The highest BCUT2D eigenvalue weighted by molar-refractivity contribution is 5.91. The van der Waals surface area contributed by atoms with Crippen molar-refractivity contribution in [3.05, 3.63) is 84.7 Å². The minimum Gasteiger partial charge on any atom is -0.455 e. The molecule has 3 aromatic carbocycles. The van der Waals surface area contributed by atoms with Crippen LogP contribution < -0.4 is 15.4 Å². The second kappa shape index (κ2) is 8.67. The van der Waals surface area contributed by atoms with Crippen molar-refractivity contribution in [1.29, 1.82) is 0 Å². The zero-order valence-electron chi connectivity index (χ0n) is 14.1. The van der Waals surface area contributed by atoms with Gasteiger partial charge in [-0.1, -0.05) is 42.5 Å². The summed E-state index contributed by atoms with van der Waals surface area (Å²) in [5.41, 5.74) is 0.973. The van der Waals surface area contributed by atoms with Gasteiger partial charge in [-0.05, 0) is 36.4 Å². The molecule has 0 atom stereocenters. The molecule has 5 heteroatoms. The molecule has 0 aliphatic heterocycles. The van der Waals surface area contributed by atoms with Gasteiger partial charge in [-0.15, -0.1) is 0 Å². The highest BCUT2D eigenvalue weighted by Crippen LogP contribution is 2.29. The SMILES string of the molecule is O=C(CCNc1ccccc1Oc1ccccc1)Nc1ccccc1F. The molecule has 2 N–H and O–H groups in total. The van der Waals surface area contributed by atoms with E-state index >= 15 is 0 Å². The average molecular weight is 350 g/mol. The third-order valence-electron chi connectivity index (χ3n) is 3.67. The van der Waals surface area contributed by atoms with Crippen LogP contribution in [-0.4, -0.2) is 12.5 Å². The Labute approximate surface area is 151 Å². The number of amides is 1. The first-order valence-corrected chi connectivity index (χ1v) is 8.32. The predicted octanol–water partition coefficient (Wildman–Crippen LogP) is 5.06. The third kappa shape index (κ3) is 4.83. The number of halogens is 1. The van der Waals surface area contributed by atoms with Crippen LogP contribution >= 0.6 is 0 Å². The van der Waals surface area contributed by atoms with Crippen molar-refractivity contribution in [3.8, 4) is 11.5 Å². The molecule has 0 bridgehead atoms. The fraction of sp³-hybridized carbons (Fsp3) is 0.0952. The maximum absolute atomic E-state index is 13.6. The van der Waals surface area contributed by atoms with Crippen LogP contribution in [0.15, 0.2) is 78.9 Å². The number of carbonyl (C=O) groups is 1. The lowest BCUT2D eigenvalue weighted by Crippen LogP contribution is -2.17. The number of rotatable bonds is 7. The van der Waals surface area contributed by atoms with Crippen LogP contribution in [0.2, 0.25) is 0 Å². The first-order chi connectivity index (χ1) is 12.7. The Morgan fingerprint density at radius 3 is 2.27 bits per heavy atom. The van der Waals surface area contributed by atoms with Crippen molar-refractivity contribution in [3.63, 3.8) is 0 Å². The Hall–Kier alpha value is -3.34. The number of nitrogens with one attached hydrogen (secondary N) is 2. The maximum atomic E-state index is 13.6. The lowest BCUT2D eigenvalue weighted by molar-refractivity contribution is -0.116. The summed E-state index contributed by atoms with van der Waals surface area (Å²) in [6, 6.07) is 23.1. The molecule has 0 aliphatic carbocycles. The number of carbonyl (C=O) groups excluding carboxylic acids is 1. The van der Waals surface area contributed by atoms with Crippen molar-refractivity contribution in [2.24, 2.45) is 0 Å². The van der Waals surface area contributed by atoms with Gasteiger partial charge in [0.1, 0.15) is 11.6 Å². The Kier molecular flexibility index (Phi) is 5.83. The van der Waals surface area contributed by atoms with Crippen LogP contribution in [0.25, 0.3) is 0 Å². The molecule has 1 amide bonds. The predicted molar refractivity (Wildman–Crippen MR) is 101 cm³/mol. The van der Waals surface area contributed by atoms with Crippen LogP contribution in [0.5, 0.6) is 11.5 Å². The Bertz CT molecular complexity index is 869. The topological polar surface area (TPSA) is 50.4 Å². The molecule has 132 valence electrons. The molecule has 0 unspecified atom stereocenters. The summed E-state index contributed by atoms with van der Waals surface area (Å²) in [4.78, 5) is 12.0. The molecule has 0 aromatic heterocycles. The van der Waals surface area contributed by atoms with Crippen LogP contribution in [0.1, 0.15) is 6.42 Å². The van der Waals surface area contributed by atoms with Crippen molar-refractivity contribution in [1.82, 2.24) is 0 Å². The van der Waals surface area contributed by atoms with Gasteiger partial charge < -0.3 is 15.4 Å². The monoisotopic (exact) mass is 350 g/mol. The summed E-state index contributed by atoms with van der Waals surface area (Å²) in [6.45, 7) is 0.398. The number of hydrogen-bond donors (Lipinski definition) is 2. The highest BCUT2D eigenvalue weighted by atomic mass is 19.1. The summed E-state index contributed by atoms with van der Waals surface area (Å²) in [7, 11) is 0. The molecular formula is C21H19FN2O2. The molecule has 4 nitrogen and oxygen atoms in total. The summed E-state index contributed by atoms with van der Waals surface area (Å²) in [5.74, 6) is 0.701. The van der Waals surface area contributed by atoms with E-state index < -0.39 is 5.82 Å². The summed E-state index contributed by atoms with van der Waals surface area (Å²) >= 11 is 0. The minimum absolute atomic E-state index is 0.185. The van der Waals surface area contributed by atoms with E-state index in [-0.39, 0.29) is 18.0 Å². The molecule has 0 fully saturated rings. The van der Waals surface area contributed by atoms with Crippen molar-refractivity contribution in [2.45, 2.75) is 6.42 Å². The smallest absolute Gasteiger partial charge is 0.226 e. The van der Waals surface area contributed by atoms with E-state index in [1.165, 1.54) is 12.1 Å². The molecule has 3 rings (SSSR count). The number of hydrogen-bond acceptors (Lipinski definition) is 3. The number of ether oxygens (including phenoxy) is 1. The van der Waals surface area contributed by atoms with Crippen molar-refractivity contribution >= 4 is 17.3 Å². The minimum atomic E-state index is -0.449. The van der Waals surface area contributed by atoms with E-state index in [0.717, 1.165) is 11.4 Å². The lowest BCUT2D eigenvalue weighted by atomic mass is 10.2. The second-order valence-electron chi connectivity index (χ2n) is 5.62. The highest BCUT2D eigenvalue weighted by Gasteiger charge is 2.08. The maximum Gasteiger partial charge on any atom is 0.226 e.